The number of rotatable bonds is 8. The fourth-order valence-corrected chi connectivity index (χ4v) is 2.89. The molecule has 1 aromatic heterocycles. The summed E-state index contributed by atoms with van der Waals surface area (Å²) in [6.07, 6.45) is 1.95. The van der Waals surface area contributed by atoms with Crippen molar-refractivity contribution in [2.75, 3.05) is 13.2 Å². The minimum atomic E-state index is -0.955. The van der Waals surface area contributed by atoms with Crippen molar-refractivity contribution in [1.82, 2.24) is 15.5 Å². The molecule has 0 aliphatic rings. The number of carbonyl (C=O) groups is 2. The highest BCUT2D eigenvalue weighted by molar-refractivity contribution is 6.05. The van der Waals surface area contributed by atoms with E-state index in [4.69, 9.17) is 4.74 Å². The number of carboxylic acid groups (broad SMARTS) is 1. The number of nitrogens with one attached hydrogen (secondary N) is 2. The van der Waals surface area contributed by atoms with Crippen LogP contribution in [0.5, 0.6) is 5.75 Å². The summed E-state index contributed by atoms with van der Waals surface area (Å²) in [6.45, 7) is 2.51. The van der Waals surface area contributed by atoms with Crippen LogP contribution in [-0.2, 0) is 11.2 Å². The fourth-order valence-electron chi connectivity index (χ4n) is 2.89. The molecular weight excluding hydrogens is 346 g/mol. The molecule has 0 radical (unpaired) electrons. The summed E-state index contributed by atoms with van der Waals surface area (Å²) in [5, 5.41) is 19.8. The Bertz CT molecular complexity index is 934. The molecule has 1 unspecified atom stereocenters. The second-order valence-electron chi connectivity index (χ2n) is 6.17. The number of carbonyl (C=O) groups excluding carboxylic acids is 1. The third kappa shape index (κ3) is 4.44. The Labute approximate surface area is 156 Å². The number of aromatic amines is 1. The molecule has 0 spiro atoms. The Kier molecular flexibility index (Phi) is 5.71. The van der Waals surface area contributed by atoms with Crippen molar-refractivity contribution in [1.29, 1.82) is 0 Å². The average Bonchev–Trinajstić information content (AvgIpc) is 3.15. The molecule has 0 saturated heterocycles. The van der Waals surface area contributed by atoms with E-state index in [1.54, 1.807) is 18.3 Å². The van der Waals surface area contributed by atoms with Crippen LogP contribution in [0, 0.1) is 5.92 Å². The minimum absolute atomic E-state index is 0.0336. The van der Waals surface area contributed by atoms with E-state index in [9.17, 15) is 14.7 Å². The van der Waals surface area contributed by atoms with Crippen molar-refractivity contribution in [3.8, 4) is 5.75 Å². The molecule has 7 nitrogen and oxygen atoms in total. The zero-order chi connectivity index (χ0) is 19.2. The molecule has 1 heterocycles. The highest BCUT2D eigenvalue weighted by Gasteiger charge is 2.20. The number of aromatic nitrogens is 2. The van der Waals surface area contributed by atoms with Gasteiger partial charge in [-0.3, -0.25) is 14.7 Å². The van der Waals surface area contributed by atoms with Crippen molar-refractivity contribution < 1.29 is 19.4 Å². The van der Waals surface area contributed by atoms with Gasteiger partial charge in [0.15, 0.2) is 0 Å². The first-order valence-electron chi connectivity index (χ1n) is 8.73. The minimum Gasteiger partial charge on any atom is -0.494 e. The zero-order valence-corrected chi connectivity index (χ0v) is 14.9. The van der Waals surface area contributed by atoms with Crippen LogP contribution in [-0.4, -0.2) is 40.3 Å². The van der Waals surface area contributed by atoms with E-state index in [1.807, 2.05) is 37.3 Å². The molecular formula is C20H21N3O4. The Hall–Kier alpha value is -3.35. The van der Waals surface area contributed by atoms with Crippen LogP contribution in [0.1, 0.15) is 22.8 Å². The highest BCUT2D eigenvalue weighted by Crippen LogP contribution is 2.17. The molecule has 1 amide bonds. The molecule has 140 valence electrons. The van der Waals surface area contributed by atoms with E-state index in [-0.39, 0.29) is 12.5 Å². The lowest BCUT2D eigenvalue weighted by Crippen LogP contribution is -2.34. The summed E-state index contributed by atoms with van der Waals surface area (Å²) in [5.74, 6) is -1.27. The van der Waals surface area contributed by atoms with Crippen molar-refractivity contribution in [3.05, 3.63) is 59.8 Å². The average molecular weight is 367 g/mol. The molecule has 27 heavy (non-hydrogen) atoms. The molecule has 3 aromatic rings. The van der Waals surface area contributed by atoms with Crippen molar-refractivity contribution in [2.45, 2.75) is 13.3 Å². The van der Waals surface area contributed by atoms with Crippen molar-refractivity contribution >= 4 is 22.8 Å². The molecule has 0 aliphatic carbocycles. The Morgan fingerprint density at radius 1 is 1.22 bits per heavy atom. The van der Waals surface area contributed by atoms with Gasteiger partial charge in [-0.15, -0.1) is 0 Å². The highest BCUT2D eigenvalue weighted by atomic mass is 16.5. The monoisotopic (exact) mass is 367 g/mol. The largest absolute Gasteiger partial charge is 0.494 e. The van der Waals surface area contributed by atoms with Crippen LogP contribution in [0.15, 0.2) is 48.7 Å². The fraction of sp³-hybridized carbons (Fsp3) is 0.250. The van der Waals surface area contributed by atoms with Crippen LogP contribution in [0.2, 0.25) is 0 Å². The van der Waals surface area contributed by atoms with E-state index in [1.165, 1.54) is 0 Å². The lowest BCUT2D eigenvalue weighted by atomic mass is 9.99. The Morgan fingerprint density at radius 3 is 2.70 bits per heavy atom. The first-order valence-corrected chi connectivity index (χ1v) is 8.73. The lowest BCUT2D eigenvalue weighted by Gasteiger charge is -2.14. The van der Waals surface area contributed by atoms with Gasteiger partial charge in [-0.1, -0.05) is 24.3 Å². The zero-order valence-electron chi connectivity index (χ0n) is 14.9. The maximum atomic E-state index is 12.5. The quantitative estimate of drug-likeness (QED) is 0.568. The van der Waals surface area contributed by atoms with Crippen LogP contribution in [0.25, 0.3) is 10.9 Å². The van der Waals surface area contributed by atoms with Crippen LogP contribution in [0.4, 0.5) is 0 Å². The summed E-state index contributed by atoms with van der Waals surface area (Å²) in [7, 11) is 0. The number of para-hydroxylation sites is 1. The van der Waals surface area contributed by atoms with Gasteiger partial charge in [0.2, 0.25) is 0 Å². The molecule has 1 atom stereocenters. The molecule has 3 rings (SSSR count). The van der Waals surface area contributed by atoms with Crippen LogP contribution < -0.4 is 10.1 Å². The topological polar surface area (TPSA) is 104 Å². The Balaban J connectivity index is 1.65. The van der Waals surface area contributed by atoms with Gasteiger partial charge < -0.3 is 15.2 Å². The third-order valence-electron chi connectivity index (χ3n) is 4.30. The lowest BCUT2D eigenvalue weighted by molar-refractivity contribution is -0.141. The van der Waals surface area contributed by atoms with Gasteiger partial charge in [-0.05, 0) is 37.1 Å². The second kappa shape index (κ2) is 8.35. The normalized spacial score (nSPS) is 11.9. The van der Waals surface area contributed by atoms with Gasteiger partial charge in [0.1, 0.15) is 5.75 Å². The summed E-state index contributed by atoms with van der Waals surface area (Å²) in [5.41, 5.74) is 1.94. The number of aliphatic carboxylic acids is 1. The molecule has 7 heteroatoms. The van der Waals surface area contributed by atoms with E-state index in [0.29, 0.717) is 24.1 Å². The molecule has 0 bridgehead atoms. The molecule has 0 saturated carbocycles. The summed E-state index contributed by atoms with van der Waals surface area (Å²) >= 11 is 0. The predicted molar refractivity (Wildman–Crippen MR) is 101 cm³/mol. The number of carboxylic acids is 1. The van der Waals surface area contributed by atoms with E-state index in [0.717, 1.165) is 16.7 Å². The maximum Gasteiger partial charge on any atom is 0.308 e. The SMILES string of the molecule is CCOc1ccc(CC(CNC(=O)c2cccc3cn[nH]c23)C(=O)O)cc1. The number of nitrogens with zero attached hydrogens (tertiary/aromatic N) is 1. The first kappa shape index (κ1) is 18.4. The van der Waals surface area contributed by atoms with Crippen molar-refractivity contribution in [3.63, 3.8) is 0 Å². The third-order valence-corrected chi connectivity index (χ3v) is 4.30. The number of amides is 1. The molecule has 3 N–H and O–H groups in total. The van der Waals surface area contributed by atoms with E-state index < -0.39 is 11.9 Å². The van der Waals surface area contributed by atoms with Gasteiger partial charge in [-0.2, -0.15) is 5.10 Å². The molecule has 2 aromatic carbocycles. The van der Waals surface area contributed by atoms with Crippen LogP contribution >= 0.6 is 0 Å². The van der Waals surface area contributed by atoms with Gasteiger partial charge in [0.25, 0.3) is 5.91 Å². The number of ether oxygens (including phenoxy) is 1. The maximum absolute atomic E-state index is 12.5. The standard InChI is InChI=1S/C20H21N3O4/c1-2-27-16-8-6-13(7-9-16)10-15(20(25)26)11-21-19(24)17-5-3-4-14-12-22-23-18(14)17/h3-9,12,15H,2,10-11H2,1H3,(H,21,24)(H,22,23)(H,25,26). The van der Waals surface area contributed by atoms with Gasteiger partial charge in [0.05, 0.1) is 29.8 Å². The van der Waals surface area contributed by atoms with Gasteiger partial charge >= 0.3 is 5.97 Å². The number of fused-ring (bicyclic) bond motifs is 1. The number of benzene rings is 2. The Morgan fingerprint density at radius 2 is 2.00 bits per heavy atom. The molecule has 0 fully saturated rings. The van der Waals surface area contributed by atoms with E-state index in [2.05, 4.69) is 15.5 Å². The predicted octanol–water partition coefficient (Wildman–Crippen LogP) is 2.63. The number of H-pyrrole nitrogens is 1. The number of hydrogen-bond acceptors (Lipinski definition) is 4. The number of hydrogen-bond donors (Lipinski definition) is 3. The summed E-state index contributed by atoms with van der Waals surface area (Å²) in [6, 6.07) is 12.6. The second-order valence-corrected chi connectivity index (χ2v) is 6.17. The smallest absolute Gasteiger partial charge is 0.308 e. The van der Waals surface area contributed by atoms with Crippen molar-refractivity contribution in [2.24, 2.45) is 5.92 Å². The van der Waals surface area contributed by atoms with Gasteiger partial charge in [0, 0.05) is 11.9 Å². The molecule has 0 aliphatic heterocycles. The van der Waals surface area contributed by atoms with Gasteiger partial charge in [-0.25, -0.2) is 0 Å². The van der Waals surface area contributed by atoms with Crippen LogP contribution in [0.3, 0.4) is 0 Å². The summed E-state index contributed by atoms with van der Waals surface area (Å²) in [4.78, 5) is 24.1. The summed E-state index contributed by atoms with van der Waals surface area (Å²) < 4.78 is 5.39. The van der Waals surface area contributed by atoms with E-state index >= 15 is 0 Å². The first-order chi connectivity index (χ1) is 13.1.